The average molecular weight is 245 g/mol. The van der Waals surface area contributed by atoms with Crippen LogP contribution in [0.5, 0.6) is 0 Å². The molecule has 1 aliphatic carbocycles. The lowest BCUT2D eigenvalue weighted by molar-refractivity contribution is -0.0457. The molecule has 0 radical (unpaired) electrons. The van der Waals surface area contributed by atoms with E-state index in [1.807, 2.05) is 6.92 Å². The molecule has 0 bridgehead atoms. The van der Waals surface area contributed by atoms with Gasteiger partial charge in [0, 0.05) is 12.6 Å². The van der Waals surface area contributed by atoms with E-state index in [2.05, 4.69) is 12.2 Å². The Balaban J connectivity index is 2.11. The topological polar surface area (TPSA) is 61.7 Å². The Labute approximate surface area is 104 Å². The van der Waals surface area contributed by atoms with Gasteiger partial charge < -0.3 is 20.3 Å². The van der Waals surface area contributed by atoms with Crippen LogP contribution >= 0.6 is 0 Å². The van der Waals surface area contributed by atoms with E-state index in [4.69, 9.17) is 9.84 Å². The zero-order valence-electron chi connectivity index (χ0n) is 11.1. The maximum absolute atomic E-state index is 9.74. The number of rotatable bonds is 7. The highest BCUT2D eigenvalue weighted by atomic mass is 16.5. The third-order valence-corrected chi connectivity index (χ3v) is 3.51. The van der Waals surface area contributed by atoms with Crippen molar-refractivity contribution in [2.24, 2.45) is 5.92 Å². The van der Waals surface area contributed by atoms with Crippen molar-refractivity contribution in [3.8, 4) is 0 Å². The fourth-order valence-electron chi connectivity index (χ4n) is 2.23. The van der Waals surface area contributed by atoms with Gasteiger partial charge in [-0.05, 0) is 25.7 Å². The van der Waals surface area contributed by atoms with Crippen LogP contribution < -0.4 is 5.32 Å². The summed E-state index contributed by atoms with van der Waals surface area (Å²) in [6.07, 6.45) is 4.73. The average Bonchev–Trinajstić information content (AvgIpc) is 2.35. The van der Waals surface area contributed by atoms with Crippen LogP contribution in [-0.2, 0) is 4.74 Å². The van der Waals surface area contributed by atoms with Gasteiger partial charge in [0.15, 0.2) is 0 Å². The largest absolute Gasteiger partial charge is 0.395 e. The molecular weight excluding hydrogens is 218 g/mol. The van der Waals surface area contributed by atoms with E-state index in [-0.39, 0.29) is 12.6 Å². The van der Waals surface area contributed by atoms with Gasteiger partial charge in [-0.2, -0.15) is 0 Å². The molecule has 17 heavy (non-hydrogen) atoms. The third kappa shape index (κ3) is 5.82. The molecule has 1 fully saturated rings. The predicted molar refractivity (Wildman–Crippen MR) is 67.9 cm³/mol. The van der Waals surface area contributed by atoms with Crippen molar-refractivity contribution in [3.63, 3.8) is 0 Å². The quantitative estimate of drug-likeness (QED) is 0.624. The zero-order valence-corrected chi connectivity index (χ0v) is 11.1. The first-order valence-corrected chi connectivity index (χ1v) is 6.77. The van der Waals surface area contributed by atoms with Gasteiger partial charge in [-0.1, -0.05) is 19.8 Å². The highest BCUT2D eigenvalue weighted by Crippen LogP contribution is 2.26. The number of ether oxygens (including phenoxy) is 1. The molecule has 102 valence electrons. The molecule has 0 aromatic heterocycles. The van der Waals surface area contributed by atoms with Crippen molar-refractivity contribution in [1.29, 1.82) is 0 Å². The van der Waals surface area contributed by atoms with Crippen molar-refractivity contribution in [3.05, 3.63) is 0 Å². The summed E-state index contributed by atoms with van der Waals surface area (Å²) in [5, 5.41) is 21.6. The fourth-order valence-corrected chi connectivity index (χ4v) is 2.23. The Bertz CT molecular complexity index is 201. The summed E-state index contributed by atoms with van der Waals surface area (Å²) in [7, 11) is 0. The third-order valence-electron chi connectivity index (χ3n) is 3.51. The Hall–Kier alpha value is -0.160. The monoisotopic (exact) mass is 245 g/mol. The minimum absolute atomic E-state index is 0.0262. The van der Waals surface area contributed by atoms with E-state index in [9.17, 15) is 5.11 Å². The summed E-state index contributed by atoms with van der Waals surface area (Å²) in [5.41, 5.74) is 0. The van der Waals surface area contributed by atoms with Gasteiger partial charge in [-0.3, -0.25) is 0 Å². The highest BCUT2D eigenvalue weighted by Gasteiger charge is 2.22. The number of nitrogens with one attached hydrogen (secondary N) is 1. The minimum Gasteiger partial charge on any atom is -0.395 e. The van der Waals surface area contributed by atoms with E-state index in [0.29, 0.717) is 25.2 Å². The van der Waals surface area contributed by atoms with E-state index in [0.717, 1.165) is 6.42 Å². The van der Waals surface area contributed by atoms with Gasteiger partial charge in [0.1, 0.15) is 0 Å². The summed E-state index contributed by atoms with van der Waals surface area (Å²) in [6, 6.07) is 0.0262. The molecule has 0 aromatic carbocycles. The first-order valence-electron chi connectivity index (χ1n) is 6.77. The second kappa shape index (κ2) is 8.03. The second-order valence-corrected chi connectivity index (χ2v) is 5.28. The first-order chi connectivity index (χ1) is 8.13. The van der Waals surface area contributed by atoms with Gasteiger partial charge in [-0.15, -0.1) is 0 Å². The van der Waals surface area contributed by atoms with Crippen LogP contribution in [0.15, 0.2) is 0 Å². The highest BCUT2D eigenvalue weighted by molar-refractivity contribution is 4.73. The van der Waals surface area contributed by atoms with E-state index in [1.54, 1.807) is 0 Å². The van der Waals surface area contributed by atoms with Gasteiger partial charge in [-0.25, -0.2) is 0 Å². The Kier molecular flexibility index (Phi) is 7.04. The van der Waals surface area contributed by atoms with Gasteiger partial charge >= 0.3 is 0 Å². The second-order valence-electron chi connectivity index (χ2n) is 5.28. The molecule has 0 aliphatic heterocycles. The lowest BCUT2D eigenvalue weighted by atomic mass is 9.88. The van der Waals surface area contributed by atoms with Gasteiger partial charge in [0.25, 0.3) is 0 Å². The molecule has 1 rings (SSSR count). The van der Waals surface area contributed by atoms with Crippen molar-refractivity contribution in [1.82, 2.24) is 5.32 Å². The standard InChI is InChI=1S/C13H27NO3/c1-10-5-3-4-6-13(10)17-9-12(16)7-14-11(2)8-15/h10-16H,3-9H2,1-2H3. The lowest BCUT2D eigenvalue weighted by Crippen LogP contribution is -2.39. The molecular formula is C13H27NO3. The molecule has 0 saturated heterocycles. The number of aliphatic hydroxyl groups is 2. The number of aliphatic hydroxyl groups excluding tert-OH is 2. The minimum atomic E-state index is -0.488. The Morgan fingerprint density at radius 1 is 1.35 bits per heavy atom. The maximum Gasteiger partial charge on any atom is 0.0897 e. The summed E-state index contributed by atoms with van der Waals surface area (Å²) in [6.45, 7) is 5.06. The molecule has 1 aliphatic rings. The Morgan fingerprint density at radius 3 is 2.71 bits per heavy atom. The van der Waals surface area contributed by atoms with E-state index in [1.165, 1.54) is 19.3 Å². The van der Waals surface area contributed by atoms with Crippen LogP contribution in [0.3, 0.4) is 0 Å². The van der Waals surface area contributed by atoms with Crippen LogP contribution in [0.4, 0.5) is 0 Å². The van der Waals surface area contributed by atoms with Crippen molar-refractivity contribution in [2.75, 3.05) is 19.8 Å². The van der Waals surface area contributed by atoms with Crippen LogP contribution in [0.25, 0.3) is 0 Å². The molecule has 4 heteroatoms. The lowest BCUT2D eigenvalue weighted by Gasteiger charge is -2.29. The molecule has 4 unspecified atom stereocenters. The van der Waals surface area contributed by atoms with Crippen LogP contribution in [0.2, 0.25) is 0 Å². The summed E-state index contributed by atoms with van der Waals surface area (Å²) >= 11 is 0. The van der Waals surface area contributed by atoms with Crippen LogP contribution in [-0.4, -0.2) is 48.2 Å². The molecule has 0 heterocycles. The van der Waals surface area contributed by atoms with Gasteiger partial charge in [0.05, 0.1) is 25.4 Å². The molecule has 0 amide bonds. The van der Waals surface area contributed by atoms with Crippen LogP contribution in [0, 0.1) is 5.92 Å². The van der Waals surface area contributed by atoms with Crippen molar-refractivity contribution >= 4 is 0 Å². The first kappa shape index (κ1) is 14.9. The van der Waals surface area contributed by atoms with Crippen molar-refractivity contribution in [2.45, 2.75) is 57.8 Å². The number of hydrogen-bond donors (Lipinski definition) is 3. The predicted octanol–water partition coefficient (Wildman–Crippen LogP) is 0.913. The zero-order chi connectivity index (χ0) is 12.7. The molecule has 3 N–H and O–H groups in total. The summed E-state index contributed by atoms with van der Waals surface area (Å²) < 4.78 is 5.77. The van der Waals surface area contributed by atoms with Gasteiger partial charge in [0.2, 0.25) is 0 Å². The number of hydrogen-bond acceptors (Lipinski definition) is 4. The molecule has 0 aromatic rings. The molecule has 4 atom stereocenters. The molecule has 0 spiro atoms. The maximum atomic E-state index is 9.74. The fraction of sp³-hybridized carbons (Fsp3) is 1.00. The van der Waals surface area contributed by atoms with Crippen LogP contribution in [0.1, 0.15) is 39.5 Å². The Morgan fingerprint density at radius 2 is 2.06 bits per heavy atom. The summed E-state index contributed by atoms with van der Waals surface area (Å²) in [4.78, 5) is 0. The van der Waals surface area contributed by atoms with E-state index < -0.39 is 6.10 Å². The normalized spacial score (nSPS) is 28.9. The van der Waals surface area contributed by atoms with E-state index >= 15 is 0 Å². The van der Waals surface area contributed by atoms with Crippen molar-refractivity contribution < 1.29 is 14.9 Å². The molecule has 4 nitrogen and oxygen atoms in total. The summed E-state index contributed by atoms with van der Waals surface area (Å²) in [5.74, 6) is 0.611. The smallest absolute Gasteiger partial charge is 0.0897 e. The SMILES string of the molecule is CC(CO)NCC(O)COC1CCCCC1C. The molecule has 1 saturated carbocycles.